The van der Waals surface area contributed by atoms with Gasteiger partial charge in [-0.1, -0.05) is 42.1 Å². The van der Waals surface area contributed by atoms with Gasteiger partial charge in [-0.15, -0.1) is 5.10 Å². The first kappa shape index (κ1) is 15.2. The number of nitrogens with zero attached hydrogens (tertiary/aromatic N) is 2. The molecule has 2 aliphatic rings. The fourth-order valence-corrected chi connectivity index (χ4v) is 2.86. The molecule has 2 aliphatic heterocycles. The molecule has 0 unspecified atom stereocenters. The Hall–Kier alpha value is -2.68. The Bertz CT molecular complexity index is 700. The molecule has 1 saturated heterocycles. The van der Waals surface area contributed by atoms with E-state index in [2.05, 4.69) is 26.2 Å². The van der Waals surface area contributed by atoms with Crippen LogP contribution in [-0.2, 0) is 9.59 Å². The molecule has 3 rings (SSSR count). The maximum absolute atomic E-state index is 12.1. The van der Waals surface area contributed by atoms with Crippen molar-refractivity contribution in [2.75, 3.05) is 5.75 Å². The van der Waals surface area contributed by atoms with Gasteiger partial charge in [0.1, 0.15) is 6.04 Å². The van der Waals surface area contributed by atoms with Gasteiger partial charge < -0.3 is 10.6 Å². The Morgan fingerprint density at radius 3 is 2.65 bits per heavy atom. The van der Waals surface area contributed by atoms with E-state index in [1.165, 1.54) is 11.8 Å². The molecular weight excluding hydrogens is 318 g/mol. The van der Waals surface area contributed by atoms with Gasteiger partial charge in [-0.25, -0.2) is 4.79 Å². The summed E-state index contributed by atoms with van der Waals surface area (Å²) in [7, 11) is 0. The molecule has 8 nitrogen and oxygen atoms in total. The number of thioether (sulfide) groups is 1. The van der Waals surface area contributed by atoms with Crippen molar-refractivity contribution in [3.63, 3.8) is 0 Å². The number of nitrogens with one attached hydrogen (secondary N) is 3. The highest BCUT2D eigenvalue weighted by atomic mass is 32.2. The molecule has 1 aromatic rings. The van der Waals surface area contributed by atoms with Gasteiger partial charge in [0.25, 0.3) is 0 Å². The lowest BCUT2D eigenvalue weighted by Gasteiger charge is -2.22. The van der Waals surface area contributed by atoms with Crippen LogP contribution in [0.2, 0.25) is 0 Å². The van der Waals surface area contributed by atoms with E-state index in [9.17, 15) is 14.4 Å². The largest absolute Gasteiger partial charge is 0.325 e. The molecule has 0 spiro atoms. The fourth-order valence-electron chi connectivity index (χ4n) is 2.09. The molecule has 0 saturated carbocycles. The lowest BCUT2D eigenvalue weighted by atomic mass is 10.1. The van der Waals surface area contributed by atoms with Crippen LogP contribution >= 0.6 is 11.8 Å². The summed E-state index contributed by atoms with van der Waals surface area (Å²) in [6.07, 6.45) is -0.103. The highest BCUT2D eigenvalue weighted by Crippen LogP contribution is 2.14. The normalized spacial score (nSPS) is 20.8. The molecule has 9 heteroatoms. The van der Waals surface area contributed by atoms with Crippen LogP contribution < -0.4 is 16.0 Å². The minimum absolute atomic E-state index is 0.103. The summed E-state index contributed by atoms with van der Waals surface area (Å²) in [5, 5.41) is 15.5. The molecule has 23 heavy (non-hydrogen) atoms. The predicted octanol–water partition coefficient (Wildman–Crippen LogP) is 0.208. The van der Waals surface area contributed by atoms with Gasteiger partial charge in [0.15, 0.2) is 5.17 Å². The van der Waals surface area contributed by atoms with E-state index in [0.29, 0.717) is 10.9 Å². The summed E-state index contributed by atoms with van der Waals surface area (Å²) < 4.78 is 0. The average molecular weight is 331 g/mol. The first-order valence-corrected chi connectivity index (χ1v) is 7.84. The average Bonchev–Trinajstić information content (AvgIpc) is 2.55. The summed E-state index contributed by atoms with van der Waals surface area (Å²) in [5.74, 6) is -0.407. The third-order valence-electron chi connectivity index (χ3n) is 3.21. The summed E-state index contributed by atoms with van der Waals surface area (Å²) in [5.41, 5.74) is 1.80. The number of carbonyl (C=O) groups excluding carboxylic acids is 3. The van der Waals surface area contributed by atoms with E-state index in [0.717, 1.165) is 11.3 Å². The van der Waals surface area contributed by atoms with Crippen molar-refractivity contribution in [2.45, 2.75) is 12.5 Å². The maximum Gasteiger partial charge on any atom is 0.322 e. The lowest BCUT2D eigenvalue weighted by Crippen LogP contribution is -2.58. The van der Waals surface area contributed by atoms with Crippen molar-refractivity contribution in [3.05, 3.63) is 35.9 Å². The van der Waals surface area contributed by atoms with Crippen LogP contribution in [-0.4, -0.2) is 40.5 Å². The molecule has 0 bridgehead atoms. The third kappa shape index (κ3) is 3.75. The number of urea groups is 1. The van der Waals surface area contributed by atoms with Crippen molar-refractivity contribution < 1.29 is 14.4 Å². The van der Waals surface area contributed by atoms with Crippen LogP contribution in [0.25, 0.3) is 0 Å². The second-order valence-corrected chi connectivity index (χ2v) is 5.84. The van der Waals surface area contributed by atoms with E-state index >= 15 is 0 Å². The van der Waals surface area contributed by atoms with Crippen LogP contribution in [0.3, 0.4) is 0 Å². The Labute approximate surface area is 135 Å². The SMILES string of the molecule is O=C1C[C@@H](C(=O)NC2=NN=C(c3ccccc3)CS2)NC(=O)N1. The minimum Gasteiger partial charge on any atom is -0.325 e. The molecule has 0 aromatic heterocycles. The van der Waals surface area contributed by atoms with Crippen molar-refractivity contribution >= 4 is 40.5 Å². The molecule has 3 N–H and O–H groups in total. The Morgan fingerprint density at radius 1 is 1.22 bits per heavy atom. The van der Waals surface area contributed by atoms with Gasteiger partial charge in [-0.05, 0) is 5.56 Å². The monoisotopic (exact) mass is 331 g/mol. The molecule has 4 amide bonds. The first-order valence-electron chi connectivity index (χ1n) is 6.86. The first-order chi connectivity index (χ1) is 11.1. The summed E-state index contributed by atoms with van der Waals surface area (Å²) in [6.45, 7) is 0. The van der Waals surface area contributed by atoms with E-state index in [1.807, 2.05) is 30.3 Å². The Balaban J connectivity index is 1.64. The summed E-state index contributed by atoms with van der Waals surface area (Å²) >= 11 is 1.33. The number of rotatable bonds is 2. The van der Waals surface area contributed by atoms with Crippen LogP contribution in [0.4, 0.5) is 4.79 Å². The van der Waals surface area contributed by atoms with Gasteiger partial charge in [-0.2, -0.15) is 5.10 Å². The van der Waals surface area contributed by atoms with E-state index in [1.54, 1.807) is 0 Å². The number of hydrogen-bond donors (Lipinski definition) is 3. The number of benzene rings is 1. The van der Waals surface area contributed by atoms with Crippen LogP contribution in [0.1, 0.15) is 12.0 Å². The summed E-state index contributed by atoms with van der Waals surface area (Å²) in [4.78, 5) is 34.5. The van der Waals surface area contributed by atoms with Crippen molar-refractivity contribution in [1.82, 2.24) is 16.0 Å². The minimum atomic E-state index is -0.904. The number of carbonyl (C=O) groups is 3. The van der Waals surface area contributed by atoms with Crippen molar-refractivity contribution in [1.29, 1.82) is 0 Å². The van der Waals surface area contributed by atoms with Crippen LogP contribution in [0.15, 0.2) is 40.5 Å². The van der Waals surface area contributed by atoms with Gasteiger partial charge >= 0.3 is 6.03 Å². The van der Waals surface area contributed by atoms with Crippen LogP contribution in [0, 0.1) is 0 Å². The predicted molar refractivity (Wildman–Crippen MR) is 86.1 cm³/mol. The molecule has 0 aliphatic carbocycles. The molecule has 1 aromatic carbocycles. The zero-order chi connectivity index (χ0) is 16.2. The quantitative estimate of drug-likeness (QED) is 0.719. The van der Waals surface area contributed by atoms with Crippen molar-refractivity contribution in [3.8, 4) is 0 Å². The fraction of sp³-hybridized carbons (Fsp3) is 0.214. The second-order valence-electron chi connectivity index (χ2n) is 4.87. The highest BCUT2D eigenvalue weighted by Gasteiger charge is 2.30. The van der Waals surface area contributed by atoms with Gasteiger partial charge in [-0.3, -0.25) is 14.9 Å². The maximum atomic E-state index is 12.1. The highest BCUT2D eigenvalue weighted by molar-refractivity contribution is 8.14. The zero-order valence-corrected chi connectivity index (χ0v) is 12.7. The standard InChI is InChI=1S/C14H13N5O3S/c20-11-6-9(15-13(22)16-11)12(21)17-14-19-18-10(7-23-14)8-4-2-1-3-5-8/h1-5,9H,6-7H2,(H,17,19,21)(H2,15,16,20,22)/t9-/m0/s1. The van der Waals surface area contributed by atoms with Crippen LogP contribution in [0.5, 0.6) is 0 Å². The third-order valence-corrected chi connectivity index (χ3v) is 4.08. The molecular formula is C14H13N5O3S. The molecule has 0 radical (unpaired) electrons. The van der Waals surface area contributed by atoms with E-state index in [-0.39, 0.29) is 6.42 Å². The number of amides is 4. The lowest BCUT2D eigenvalue weighted by molar-refractivity contribution is -0.128. The summed E-state index contributed by atoms with van der Waals surface area (Å²) in [6, 6.07) is 8.05. The van der Waals surface area contributed by atoms with E-state index in [4.69, 9.17) is 0 Å². The number of amidine groups is 1. The number of hydrogen-bond acceptors (Lipinski definition) is 6. The smallest absolute Gasteiger partial charge is 0.322 e. The number of imide groups is 1. The zero-order valence-electron chi connectivity index (χ0n) is 11.9. The molecule has 2 heterocycles. The van der Waals surface area contributed by atoms with Crippen molar-refractivity contribution in [2.24, 2.45) is 10.2 Å². The molecule has 1 atom stereocenters. The van der Waals surface area contributed by atoms with Gasteiger partial charge in [0.2, 0.25) is 11.8 Å². The second kappa shape index (κ2) is 6.61. The molecule has 118 valence electrons. The molecule has 1 fully saturated rings. The van der Waals surface area contributed by atoms with E-state index < -0.39 is 23.9 Å². The Morgan fingerprint density at radius 2 is 2.00 bits per heavy atom. The Kier molecular flexibility index (Phi) is 4.38. The topological polar surface area (TPSA) is 112 Å². The van der Waals surface area contributed by atoms with Gasteiger partial charge in [0.05, 0.1) is 12.1 Å². The van der Waals surface area contributed by atoms with Gasteiger partial charge in [0, 0.05) is 5.75 Å².